The molecular formula is C12H19ClN2O3. The summed E-state index contributed by atoms with van der Waals surface area (Å²) in [6.07, 6.45) is 0. The largest absolute Gasteiger partial charge is 0.508 e. The lowest BCUT2D eigenvalue weighted by atomic mass is 10.0. The van der Waals surface area contributed by atoms with E-state index in [2.05, 4.69) is 10.2 Å². The van der Waals surface area contributed by atoms with Crippen molar-refractivity contribution in [3.63, 3.8) is 0 Å². The number of aromatic hydroxyl groups is 2. The minimum atomic E-state index is -0.260. The van der Waals surface area contributed by atoms with Gasteiger partial charge >= 0.3 is 0 Å². The molecule has 1 aliphatic rings. The monoisotopic (exact) mass is 274 g/mol. The molecule has 1 atom stereocenters. The van der Waals surface area contributed by atoms with Crippen LogP contribution < -0.4 is 5.32 Å². The number of piperazine rings is 1. The van der Waals surface area contributed by atoms with Gasteiger partial charge in [0.05, 0.1) is 12.6 Å². The highest BCUT2D eigenvalue weighted by Gasteiger charge is 2.23. The zero-order chi connectivity index (χ0) is 12.3. The van der Waals surface area contributed by atoms with Crippen molar-refractivity contribution in [3.8, 4) is 11.5 Å². The summed E-state index contributed by atoms with van der Waals surface area (Å²) in [4.78, 5) is 2.10. The first kappa shape index (κ1) is 15.0. The third-order valence-electron chi connectivity index (χ3n) is 3.14. The molecule has 1 heterocycles. The van der Waals surface area contributed by atoms with Crippen LogP contribution in [0.25, 0.3) is 0 Å². The van der Waals surface area contributed by atoms with E-state index in [0.29, 0.717) is 5.56 Å². The molecule has 1 aromatic carbocycles. The summed E-state index contributed by atoms with van der Waals surface area (Å²) in [5, 5.41) is 32.0. The van der Waals surface area contributed by atoms with Gasteiger partial charge in [-0.1, -0.05) is 0 Å². The van der Waals surface area contributed by atoms with Gasteiger partial charge in [-0.05, 0) is 18.2 Å². The molecule has 1 saturated heterocycles. The number of hydrogen-bond donors (Lipinski definition) is 4. The Morgan fingerprint density at radius 2 is 1.89 bits per heavy atom. The molecule has 0 saturated carbocycles. The number of phenolic OH excluding ortho intramolecular Hbond substituents is 2. The molecule has 1 aromatic rings. The molecule has 1 fully saturated rings. The number of halogens is 1. The van der Waals surface area contributed by atoms with Crippen molar-refractivity contribution in [1.29, 1.82) is 0 Å². The molecule has 0 spiro atoms. The van der Waals surface area contributed by atoms with E-state index in [1.165, 1.54) is 18.2 Å². The van der Waals surface area contributed by atoms with E-state index < -0.39 is 0 Å². The van der Waals surface area contributed by atoms with Gasteiger partial charge in [-0.15, -0.1) is 12.4 Å². The molecule has 0 aliphatic carbocycles. The maximum absolute atomic E-state index is 9.80. The van der Waals surface area contributed by atoms with E-state index in [-0.39, 0.29) is 36.6 Å². The number of hydrogen-bond acceptors (Lipinski definition) is 5. The fourth-order valence-electron chi connectivity index (χ4n) is 2.21. The number of phenols is 2. The number of rotatable bonds is 3. The van der Waals surface area contributed by atoms with Gasteiger partial charge in [-0.3, -0.25) is 4.90 Å². The molecule has 4 N–H and O–H groups in total. The first-order chi connectivity index (χ1) is 8.22. The Hall–Kier alpha value is -1.01. The van der Waals surface area contributed by atoms with Crippen molar-refractivity contribution in [3.05, 3.63) is 23.8 Å². The number of aliphatic hydroxyl groups is 1. The Kier molecular flexibility index (Phi) is 5.68. The first-order valence-electron chi connectivity index (χ1n) is 5.80. The van der Waals surface area contributed by atoms with Gasteiger partial charge in [0.1, 0.15) is 11.5 Å². The number of nitrogens with one attached hydrogen (secondary N) is 1. The predicted molar refractivity (Wildman–Crippen MR) is 71.3 cm³/mol. The molecule has 2 rings (SSSR count). The van der Waals surface area contributed by atoms with Crippen molar-refractivity contribution in [2.75, 3.05) is 32.8 Å². The highest BCUT2D eigenvalue weighted by atomic mass is 35.5. The SMILES string of the molecule is Cl.OC[C@@H](c1cc(O)ccc1O)N1CCNCC1. The molecule has 1 aliphatic heterocycles. The topological polar surface area (TPSA) is 76.0 Å². The fourth-order valence-corrected chi connectivity index (χ4v) is 2.21. The number of nitrogens with zero attached hydrogens (tertiary/aromatic N) is 1. The standard InChI is InChI=1S/C12H18N2O3.ClH/c15-8-11(14-5-3-13-4-6-14)10-7-9(16)1-2-12(10)17;/h1-2,7,11,13,15-17H,3-6,8H2;1H/t11-;/m0./s1. The molecule has 0 bridgehead atoms. The predicted octanol–water partition coefficient (Wildman–Crippen LogP) is 0.458. The van der Waals surface area contributed by atoms with Gasteiger partial charge < -0.3 is 20.6 Å². The van der Waals surface area contributed by atoms with Gasteiger partial charge in [-0.2, -0.15) is 0 Å². The summed E-state index contributed by atoms with van der Waals surface area (Å²) in [7, 11) is 0. The van der Waals surface area contributed by atoms with Crippen LogP contribution in [0.3, 0.4) is 0 Å². The van der Waals surface area contributed by atoms with Gasteiger partial charge in [0, 0.05) is 31.7 Å². The van der Waals surface area contributed by atoms with Crippen molar-refractivity contribution in [2.24, 2.45) is 0 Å². The summed E-state index contributed by atoms with van der Waals surface area (Å²) in [6, 6.07) is 4.14. The molecule has 5 nitrogen and oxygen atoms in total. The van der Waals surface area contributed by atoms with Crippen LogP contribution in [0, 0.1) is 0 Å². The van der Waals surface area contributed by atoms with Crippen molar-refractivity contribution < 1.29 is 15.3 Å². The zero-order valence-corrected chi connectivity index (χ0v) is 10.9. The lowest BCUT2D eigenvalue weighted by Crippen LogP contribution is -2.46. The van der Waals surface area contributed by atoms with E-state index in [4.69, 9.17) is 0 Å². The van der Waals surface area contributed by atoms with Crippen molar-refractivity contribution in [1.82, 2.24) is 10.2 Å². The van der Waals surface area contributed by atoms with Gasteiger partial charge in [-0.25, -0.2) is 0 Å². The van der Waals surface area contributed by atoms with Crippen molar-refractivity contribution in [2.45, 2.75) is 6.04 Å². The van der Waals surface area contributed by atoms with Crippen LogP contribution in [0.5, 0.6) is 11.5 Å². The second kappa shape index (κ2) is 6.80. The Morgan fingerprint density at radius 3 is 2.50 bits per heavy atom. The highest BCUT2D eigenvalue weighted by Crippen LogP contribution is 2.31. The lowest BCUT2D eigenvalue weighted by molar-refractivity contribution is 0.109. The van der Waals surface area contributed by atoms with Crippen LogP contribution in [0.1, 0.15) is 11.6 Å². The molecule has 0 amide bonds. The average Bonchev–Trinajstić information content (AvgIpc) is 2.36. The Balaban J connectivity index is 0.00000162. The van der Waals surface area contributed by atoms with Gasteiger partial charge in [0.25, 0.3) is 0 Å². The van der Waals surface area contributed by atoms with Crippen LogP contribution in [0.15, 0.2) is 18.2 Å². The second-order valence-electron chi connectivity index (χ2n) is 4.23. The summed E-state index contributed by atoms with van der Waals surface area (Å²) < 4.78 is 0. The summed E-state index contributed by atoms with van der Waals surface area (Å²) in [5.74, 6) is 0.215. The molecule has 0 radical (unpaired) electrons. The van der Waals surface area contributed by atoms with E-state index in [1.807, 2.05) is 0 Å². The summed E-state index contributed by atoms with van der Waals surface area (Å²) in [6.45, 7) is 3.31. The fraction of sp³-hybridized carbons (Fsp3) is 0.500. The summed E-state index contributed by atoms with van der Waals surface area (Å²) >= 11 is 0. The minimum Gasteiger partial charge on any atom is -0.508 e. The Morgan fingerprint density at radius 1 is 1.22 bits per heavy atom. The molecule has 18 heavy (non-hydrogen) atoms. The number of aliphatic hydroxyl groups excluding tert-OH is 1. The van der Waals surface area contributed by atoms with E-state index in [1.54, 1.807) is 0 Å². The van der Waals surface area contributed by atoms with Crippen LogP contribution in [0.2, 0.25) is 0 Å². The quantitative estimate of drug-likeness (QED) is 0.603. The molecule has 0 unspecified atom stereocenters. The summed E-state index contributed by atoms with van der Waals surface area (Å²) in [5.41, 5.74) is 0.578. The zero-order valence-electron chi connectivity index (χ0n) is 10.0. The van der Waals surface area contributed by atoms with Crippen LogP contribution >= 0.6 is 12.4 Å². The third-order valence-corrected chi connectivity index (χ3v) is 3.14. The van der Waals surface area contributed by atoms with E-state index >= 15 is 0 Å². The first-order valence-corrected chi connectivity index (χ1v) is 5.80. The van der Waals surface area contributed by atoms with Crippen molar-refractivity contribution >= 4 is 12.4 Å². The van der Waals surface area contributed by atoms with Crippen LogP contribution in [-0.4, -0.2) is 53.0 Å². The van der Waals surface area contributed by atoms with Gasteiger partial charge in [0.2, 0.25) is 0 Å². The minimum absolute atomic E-state index is 0. The third kappa shape index (κ3) is 3.26. The molecule has 6 heteroatoms. The Bertz CT molecular complexity index is 384. The Labute approximate surface area is 112 Å². The number of benzene rings is 1. The maximum Gasteiger partial charge on any atom is 0.120 e. The normalized spacial score (nSPS) is 18.1. The average molecular weight is 275 g/mol. The van der Waals surface area contributed by atoms with Crippen LogP contribution in [-0.2, 0) is 0 Å². The molecule has 0 aromatic heterocycles. The van der Waals surface area contributed by atoms with Crippen LogP contribution in [0.4, 0.5) is 0 Å². The van der Waals surface area contributed by atoms with Gasteiger partial charge in [0.15, 0.2) is 0 Å². The second-order valence-corrected chi connectivity index (χ2v) is 4.23. The van der Waals surface area contributed by atoms with E-state index in [9.17, 15) is 15.3 Å². The smallest absolute Gasteiger partial charge is 0.120 e. The maximum atomic E-state index is 9.80. The molecular weight excluding hydrogens is 256 g/mol. The lowest BCUT2D eigenvalue weighted by Gasteiger charge is -2.34. The highest BCUT2D eigenvalue weighted by molar-refractivity contribution is 5.85. The molecule has 102 valence electrons. The van der Waals surface area contributed by atoms with E-state index in [0.717, 1.165) is 26.2 Å².